The van der Waals surface area contributed by atoms with Crippen molar-refractivity contribution >= 4 is 35.0 Å². The zero-order valence-corrected chi connectivity index (χ0v) is 16.9. The van der Waals surface area contributed by atoms with Crippen LogP contribution in [-0.2, 0) is 4.79 Å². The van der Waals surface area contributed by atoms with Gasteiger partial charge in [-0.3, -0.25) is 4.79 Å². The molecule has 1 amide bonds. The zero-order chi connectivity index (χ0) is 20.1. The predicted octanol–water partition coefficient (Wildman–Crippen LogP) is 5.52. The Labute approximate surface area is 177 Å². The fourth-order valence-electron chi connectivity index (χ4n) is 2.84. The smallest absolute Gasteiger partial charge is 0.234 e. The standard InChI is InChI=1S/C22H17ClN4OS/c23-21-17(12-7-13-24-21)25-18(28)14-29-22-26-19(15-8-3-1-4-9-15)20(27-22)16-10-5-2-6-11-16/h1-13H,14H2,(H,25,28)(H,26,27). The molecule has 0 saturated carbocycles. The van der Waals surface area contributed by atoms with E-state index in [1.54, 1.807) is 18.3 Å². The molecule has 2 heterocycles. The number of amides is 1. The van der Waals surface area contributed by atoms with Gasteiger partial charge in [0.2, 0.25) is 5.91 Å². The zero-order valence-electron chi connectivity index (χ0n) is 15.3. The van der Waals surface area contributed by atoms with Crippen LogP contribution in [0, 0.1) is 0 Å². The first-order valence-electron chi connectivity index (χ1n) is 8.95. The summed E-state index contributed by atoms with van der Waals surface area (Å²) in [5.41, 5.74) is 4.33. The molecule has 0 bridgehead atoms. The second-order valence-corrected chi connectivity index (χ2v) is 7.50. The van der Waals surface area contributed by atoms with E-state index in [0.29, 0.717) is 10.8 Å². The molecule has 0 aliphatic rings. The van der Waals surface area contributed by atoms with Crippen LogP contribution in [0.3, 0.4) is 0 Å². The van der Waals surface area contributed by atoms with E-state index >= 15 is 0 Å². The molecule has 0 aliphatic heterocycles. The van der Waals surface area contributed by atoms with Crippen LogP contribution in [0.2, 0.25) is 5.15 Å². The second-order valence-electron chi connectivity index (χ2n) is 6.18. The molecule has 2 aromatic heterocycles. The molecule has 0 fully saturated rings. The highest BCUT2D eigenvalue weighted by molar-refractivity contribution is 7.99. The minimum Gasteiger partial charge on any atom is -0.332 e. The summed E-state index contributed by atoms with van der Waals surface area (Å²) >= 11 is 7.33. The average Bonchev–Trinajstić information content (AvgIpc) is 3.20. The first-order chi connectivity index (χ1) is 14.2. The van der Waals surface area contributed by atoms with Crippen molar-refractivity contribution in [3.8, 4) is 22.5 Å². The van der Waals surface area contributed by atoms with E-state index in [2.05, 4.69) is 15.3 Å². The molecule has 5 nitrogen and oxygen atoms in total. The monoisotopic (exact) mass is 420 g/mol. The lowest BCUT2D eigenvalue weighted by Gasteiger charge is -2.05. The van der Waals surface area contributed by atoms with Crippen LogP contribution in [0.4, 0.5) is 5.69 Å². The SMILES string of the molecule is O=C(CSc1nc(-c2ccccc2)c(-c2ccccc2)[nH]1)Nc1cccnc1Cl. The maximum Gasteiger partial charge on any atom is 0.234 e. The molecule has 0 saturated heterocycles. The number of aromatic amines is 1. The van der Waals surface area contributed by atoms with Gasteiger partial charge in [-0.1, -0.05) is 84.0 Å². The van der Waals surface area contributed by atoms with E-state index in [1.165, 1.54) is 11.8 Å². The number of halogens is 1. The molecule has 144 valence electrons. The van der Waals surface area contributed by atoms with Gasteiger partial charge in [0.15, 0.2) is 10.3 Å². The van der Waals surface area contributed by atoms with Gasteiger partial charge in [0.05, 0.1) is 22.8 Å². The number of nitrogens with one attached hydrogen (secondary N) is 2. The van der Waals surface area contributed by atoms with E-state index in [0.717, 1.165) is 22.5 Å². The first-order valence-corrected chi connectivity index (χ1v) is 10.3. The fourth-order valence-corrected chi connectivity index (χ4v) is 3.67. The number of carbonyl (C=O) groups is 1. The molecule has 0 aliphatic carbocycles. The Morgan fingerprint density at radius 2 is 1.66 bits per heavy atom. The molecular formula is C22H17ClN4OS. The van der Waals surface area contributed by atoms with Crippen LogP contribution in [-0.4, -0.2) is 26.6 Å². The van der Waals surface area contributed by atoms with Gasteiger partial charge in [-0.25, -0.2) is 9.97 Å². The predicted molar refractivity (Wildman–Crippen MR) is 118 cm³/mol. The topological polar surface area (TPSA) is 70.7 Å². The Morgan fingerprint density at radius 1 is 0.966 bits per heavy atom. The van der Waals surface area contributed by atoms with Crippen molar-refractivity contribution < 1.29 is 4.79 Å². The Balaban J connectivity index is 1.54. The minimum absolute atomic E-state index is 0.177. The van der Waals surface area contributed by atoms with Crippen LogP contribution >= 0.6 is 23.4 Å². The van der Waals surface area contributed by atoms with Crippen LogP contribution in [0.5, 0.6) is 0 Å². The lowest BCUT2D eigenvalue weighted by atomic mass is 10.1. The average molecular weight is 421 g/mol. The van der Waals surface area contributed by atoms with Gasteiger partial charge < -0.3 is 10.3 Å². The number of hydrogen-bond donors (Lipinski definition) is 2. The van der Waals surface area contributed by atoms with Crippen LogP contribution in [0.1, 0.15) is 0 Å². The molecule has 2 N–H and O–H groups in total. The second kappa shape index (κ2) is 8.94. The van der Waals surface area contributed by atoms with Crippen molar-refractivity contribution in [1.29, 1.82) is 0 Å². The molecular weight excluding hydrogens is 404 g/mol. The molecule has 0 atom stereocenters. The van der Waals surface area contributed by atoms with Crippen molar-refractivity contribution in [3.63, 3.8) is 0 Å². The van der Waals surface area contributed by atoms with E-state index < -0.39 is 0 Å². The lowest BCUT2D eigenvalue weighted by Crippen LogP contribution is -2.14. The summed E-state index contributed by atoms with van der Waals surface area (Å²) in [6, 6.07) is 23.4. The Morgan fingerprint density at radius 3 is 2.34 bits per heavy atom. The summed E-state index contributed by atoms with van der Waals surface area (Å²) < 4.78 is 0. The molecule has 29 heavy (non-hydrogen) atoms. The highest BCUT2D eigenvalue weighted by atomic mass is 35.5. The van der Waals surface area contributed by atoms with Crippen molar-refractivity contribution in [2.24, 2.45) is 0 Å². The van der Waals surface area contributed by atoms with Gasteiger partial charge in [0, 0.05) is 17.3 Å². The minimum atomic E-state index is -0.177. The molecule has 4 rings (SSSR count). The molecule has 0 spiro atoms. The van der Waals surface area contributed by atoms with Gasteiger partial charge in [-0.15, -0.1) is 0 Å². The van der Waals surface area contributed by atoms with Gasteiger partial charge in [-0.2, -0.15) is 0 Å². The van der Waals surface area contributed by atoms with Crippen molar-refractivity contribution in [1.82, 2.24) is 15.0 Å². The molecule has 7 heteroatoms. The number of imidazole rings is 1. The molecule has 2 aromatic carbocycles. The number of benzene rings is 2. The van der Waals surface area contributed by atoms with Crippen LogP contribution < -0.4 is 5.32 Å². The summed E-state index contributed by atoms with van der Waals surface area (Å²) in [6.45, 7) is 0. The number of thioether (sulfide) groups is 1. The summed E-state index contributed by atoms with van der Waals surface area (Å²) in [6.07, 6.45) is 1.58. The van der Waals surface area contributed by atoms with E-state index in [9.17, 15) is 4.79 Å². The van der Waals surface area contributed by atoms with Gasteiger partial charge >= 0.3 is 0 Å². The Kier molecular flexibility index (Phi) is 5.93. The molecule has 0 radical (unpaired) electrons. The first kappa shape index (κ1) is 19.2. The highest BCUT2D eigenvalue weighted by Gasteiger charge is 2.15. The lowest BCUT2D eigenvalue weighted by molar-refractivity contribution is -0.113. The van der Waals surface area contributed by atoms with Gasteiger partial charge in [0.1, 0.15) is 0 Å². The number of rotatable bonds is 6. The number of H-pyrrole nitrogens is 1. The third-order valence-corrected chi connectivity index (χ3v) is 5.34. The van der Waals surface area contributed by atoms with E-state index in [-0.39, 0.29) is 16.8 Å². The van der Waals surface area contributed by atoms with E-state index in [4.69, 9.17) is 16.6 Å². The summed E-state index contributed by atoms with van der Waals surface area (Å²) in [7, 11) is 0. The number of carbonyl (C=O) groups excluding carboxylic acids is 1. The molecule has 4 aromatic rings. The normalized spacial score (nSPS) is 10.7. The third-order valence-electron chi connectivity index (χ3n) is 4.16. The van der Waals surface area contributed by atoms with Gasteiger partial charge in [0.25, 0.3) is 0 Å². The van der Waals surface area contributed by atoms with Crippen molar-refractivity contribution in [3.05, 3.63) is 84.1 Å². The van der Waals surface area contributed by atoms with Crippen LogP contribution in [0.25, 0.3) is 22.5 Å². The number of aromatic nitrogens is 3. The van der Waals surface area contributed by atoms with Gasteiger partial charge in [-0.05, 0) is 12.1 Å². The highest BCUT2D eigenvalue weighted by Crippen LogP contribution is 2.32. The van der Waals surface area contributed by atoms with E-state index in [1.807, 2.05) is 60.7 Å². The number of hydrogen-bond acceptors (Lipinski definition) is 4. The maximum atomic E-state index is 12.3. The molecule has 0 unspecified atom stereocenters. The third kappa shape index (κ3) is 4.67. The number of pyridine rings is 1. The Bertz CT molecular complexity index is 1060. The number of nitrogens with zero attached hydrogens (tertiary/aromatic N) is 2. The van der Waals surface area contributed by atoms with Crippen molar-refractivity contribution in [2.75, 3.05) is 11.1 Å². The largest absolute Gasteiger partial charge is 0.332 e. The fraction of sp³-hybridized carbons (Fsp3) is 0.0455. The quantitative estimate of drug-likeness (QED) is 0.318. The Hall–Kier alpha value is -3.09. The van der Waals surface area contributed by atoms with Crippen molar-refractivity contribution in [2.45, 2.75) is 5.16 Å². The summed E-state index contributed by atoms with van der Waals surface area (Å²) in [5, 5.41) is 3.71. The van der Waals surface area contributed by atoms with Crippen LogP contribution in [0.15, 0.2) is 84.1 Å². The summed E-state index contributed by atoms with van der Waals surface area (Å²) in [5.74, 6) is 0.0186. The maximum absolute atomic E-state index is 12.3. The number of anilines is 1. The summed E-state index contributed by atoms with van der Waals surface area (Å²) in [4.78, 5) is 24.4.